The summed E-state index contributed by atoms with van der Waals surface area (Å²) in [5.74, 6) is 1.43. The first kappa shape index (κ1) is 19.5. The molecule has 1 saturated heterocycles. The fourth-order valence-electron chi connectivity index (χ4n) is 4.08. The zero-order valence-electron chi connectivity index (χ0n) is 16.7. The first-order chi connectivity index (χ1) is 14.0. The van der Waals surface area contributed by atoms with Gasteiger partial charge in [-0.3, -0.25) is 14.6 Å². The summed E-state index contributed by atoms with van der Waals surface area (Å²) in [4.78, 5) is 37.4. The van der Waals surface area contributed by atoms with Gasteiger partial charge >= 0.3 is 0 Å². The van der Waals surface area contributed by atoms with Gasteiger partial charge in [0.1, 0.15) is 5.82 Å². The predicted octanol–water partition coefficient (Wildman–Crippen LogP) is 0.311. The van der Waals surface area contributed by atoms with Gasteiger partial charge in [-0.2, -0.15) is 5.10 Å². The van der Waals surface area contributed by atoms with Crippen LogP contribution in [0.3, 0.4) is 0 Å². The standard InChI is InChI=1S/C20H27N7O2/c1-14(28)26-12-16(4-5-17(21)13-26)20(29)25-8-6-18-23-19(24-27(18)10-9-25)15-3-2-7-22-11-15/h2-3,7,11,16-17H,4-6,8-10,12-13,21H2,1H3/t16-,17+/m1/s1. The monoisotopic (exact) mass is 397 g/mol. The Morgan fingerprint density at radius 2 is 2.00 bits per heavy atom. The Bertz CT molecular complexity index is 857. The van der Waals surface area contributed by atoms with Crippen LogP contribution in [-0.2, 0) is 22.6 Å². The summed E-state index contributed by atoms with van der Waals surface area (Å²) < 4.78 is 1.89. The molecule has 154 valence electrons. The minimum Gasteiger partial charge on any atom is -0.341 e. The van der Waals surface area contributed by atoms with Crippen LogP contribution in [0.2, 0.25) is 0 Å². The lowest BCUT2D eigenvalue weighted by molar-refractivity contribution is -0.137. The number of likely N-dealkylation sites (tertiary alicyclic amines) is 1. The van der Waals surface area contributed by atoms with Crippen molar-refractivity contribution in [3.8, 4) is 11.4 Å². The molecule has 29 heavy (non-hydrogen) atoms. The number of carbonyl (C=O) groups excluding carboxylic acids is 2. The van der Waals surface area contributed by atoms with Crippen LogP contribution in [0, 0.1) is 5.92 Å². The third-order valence-corrected chi connectivity index (χ3v) is 5.74. The molecule has 0 unspecified atom stereocenters. The van der Waals surface area contributed by atoms with Gasteiger partial charge in [0.25, 0.3) is 0 Å². The zero-order chi connectivity index (χ0) is 20.4. The van der Waals surface area contributed by atoms with Crippen molar-refractivity contribution in [2.45, 2.75) is 38.8 Å². The fraction of sp³-hybridized carbons (Fsp3) is 0.550. The second kappa shape index (κ2) is 8.28. The van der Waals surface area contributed by atoms with Crippen molar-refractivity contribution >= 4 is 11.8 Å². The predicted molar refractivity (Wildman–Crippen MR) is 106 cm³/mol. The Morgan fingerprint density at radius 3 is 2.76 bits per heavy atom. The van der Waals surface area contributed by atoms with E-state index in [9.17, 15) is 9.59 Å². The Kier molecular flexibility index (Phi) is 5.57. The van der Waals surface area contributed by atoms with Crippen LogP contribution in [0.15, 0.2) is 24.5 Å². The highest BCUT2D eigenvalue weighted by Crippen LogP contribution is 2.21. The van der Waals surface area contributed by atoms with E-state index in [2.05, 4.69) is 15.1 Å². The van der Waals surface area contributed by atoms with E-state index in [1.807, 2.05) is 21.7 Å². The summed E-state index contributed by atoms with van der Waals surface area (Å²) in [6.07, 6.45) is 5.60. The second-order valence-corrected chi connectivity index (χ2v) is 7.85. The third kappa shape index (κ3) is 4.29. The van der Waals surface area contributed by atoms with Crippen LogP contribution in [-0.4, -0.2) is 73.6 Å². The SMILES string of the molecule is CC(=O)N1C[C@@H](N)CC[C@@H](C(=O)N2CCc3nc(-c4cccnc4)nn3CC2)C1. The van der Waals surface area contributed by atoms with E-state index in [1.165, 1.54) is 6.92 Å². The average molecular weight is 397 g/mol. The molecular weight excluding hydrogens is 370 g/mol. The van der Waals surface area contributed by atoms with Gasteiger partial charge in [-0.05, 0) is 25.0 Å². The summed E-state index contributed by atoms with van der Waals surface area (Å²) >= 11 is 0. The number of aromatic nitrogens is 4. The lowest BCUT2D eigenvalue weighted by atomic mass is 10.0. The Balaban J connectivity index is 1.43. The molecule has 0 bridgehead atoms. The lowest BCUT2D eigenvalue weighted by Gasteiger charge is -2.28. The molecule has 2 aromatic heterocycles. The highest BCUT2D eigenvalue weighted by atomic mass is 16.2. The van der Waals surface area contributed by atoms with Gasteiger partial charge in [-0.25, -0.2) is 9.67 Å². The van der Waals surface area contributed by atoms with Crippen molar-refractivity contribution in [2.75, 3.05) is 26.2 Å². The summed E-state index contributed by atoms with van der Waals surface area (Å²) in [7, 11) is 0. The number of fused-ring (bicyclic) bond motifs is 1. The number of rotatable bonds is 2. The molecule has 1 fully saturated rings. The van der Waals surface area contributed by atoms with E-state index < -0.39 is 0 Å². The van der Waals surface area contributed by atoms with Gasteiger partial charge in [0.05, 0.1) is 12.5 Å². The van der Waals surface area contributed by atoms with Crippen LogP contribution < -0.4 is 5.73 Å². The van der Waals surface area contributed by atoms with Gasteiger partial charge in [0.15, 0.2) is 5.82 Å². The van der Waals surface area contributed by atoms with E-state index in [0.29, 0.717) is 51.4 Å². The molecule has 4 rings (SSSR count). The number of hydrogen-bond acceptors (Lipinski definition) is 6. The average Bonchev–Trinajstić information content (AvgIpc) is 2.88. The largest absolute Gasteiger partial charge is 0.341 e. The Labute approximate surface area is 169 Å². The van der Waals surface area contributed by atoms with Gasteiger partial charge in [0, 0.05) is 63.5 Å². The summed E-state index contributed by atoms with van der Waals surface area (Å²) in [6, 6.07) is 3.74. The number of pyridine rings is 1. The maximum absolute atomic E-state index is 13.2. The minimum absolute atomic E-state index is 0.0247. The first-order valence-corrected chi connectivity index (χ1v) is 10.1. The number of hydrogen-bond donors (Lipinski definition) is 1. The number of nitrogens with two attached hydrogens (primary N) is 1. The molecule has 0 aromatic carbocycles. The van der Waals surface area contributed by atoms with E-state index >= 15 is 0 Å². The molecule has 2 aliphatic rings. The van der Waals surface area contributed by atoms with Gasteiger partial charge in [-0.1, -0.05) is 0 Å². The molecule has 2 aromatic rings. The van der Waals surface area contributed by atoms with Crippen LogP contribution >= 0.6 is 0 Å². The summed E-state index contributed by atoms with van der Waals surface area (Å²) in [5, 5.41) is 4.61. The number of nitrogens with zero attached hydrogens (tertiary/aromatic N) is 6. The van der Waals surface area contributed by atoms with Gasteiger partial charge in [-0.15, -0.1) is 0 Å². The number of carbonyl (C=O) groups is 2. The first-order valence-electron chi connectivity index (χ1n) is 10.1. The fourth-order valence-corrected chi connectivity index (χ4v) is 4.08. The van der Waals surface area contributed by atoms with Crippen molar-refractivity contribution in [1.82, 2.24) is 29.5 Å². The van der Waals surface area contributed by atoms with Crippen molar-refractivity contribution in [3.63, 3.8) is 0 Å². The molecule has 0 saturated carbocycles. The maximum Gasteiger partial charge on any atom is 0.227 e. The molecule has 2 N–H and O–H groups in total. The zero-order valence-corrected chi connectivity index (χ0v) is 16.7. The van der Waals surface area contributed by atoms with E-state index in [0.717, 1.165) is 17.8 Å². The van der Waals surface area contributed by atoms with E-state index in [4.69, 9.17) is 5.73 Å². The van der Waals surface area contributed by atoms with Crippen LogP contribution in [0.4, 0.5) is 0 Å². The van der Waals surface area contributed by atoms with Crippen LogP contribution in [0.25, 0.3) is 11.4 Å². The minimum atomic E-state index is -0.197. The van der Waals surface area contributed by atoms with E-state index in [-0.39, 0.29) is 23.8 Å². The third-order valence-electron chi connectivity index (χ3n) is 5.74. The molecule has 9 heteroatoms. The summed E-state index contributed by atoms with van der Waals surface area (Å²) in [5.41, 5.74) is 6.98. The smallest absolute Gasteiger partial charge is 0.227 e. The van der Waals surface area contributed by atoms with Crippen molar-refractivity contribution in [1.29, 1.82) is 0 Å². The second-order valence-electron chi connectivity index (χ2n) is 7.85. The van der Waals surface area contributed by atoms with Crippen molar-refractivity contribution in [2.24, 2.45) is 11.7 Å². The molecule has 2 amide bonds. The molecule has 4 heterocycles. The van der Waals surface area contributed by atoms with Crippen molar-refractivity contribution in [3.05, 3.63) is 30.4 Å². The van der Waals surface area contributed by atoms with Gasteiger partial charge in [0.2, 0.25) is 11.8 Å². The molecule has 0 radical (unpaired) electrons. The normalized spacial score (nSPS) is 22.6. The van der Waals surface area contributed by atoms with Crippen molar-refractivity contribution < 1.29 is 9.59 Å². The van der Waals surface area contributed by atoms with Crippen LogP contribution in [0.5, 0.6) is 0 Å². The molecule has 0 spiro atoms. The Hall–Kier alpha value is -2.81. The number of amides is 2. The highest BCUT2D eigenvalue weighted by molar-refractivity contribution is 5.80. The van der Waals surface area contributed by atoms with Crippen LogP contribution in [0.1, 0.15) is 25.6 Å². The van der Waals surface area contributed by atoms with Gasteiger partial charge < -0.3 is 15.5 Å². The Morgan fingerprint density at radius 1 is 1.14 bits per heavy atom. The quantitative estimate of drug-likeness (QED) is 0.781. The molecular formula is C20H27N7O2. The molecule has 0 aliphatic carbocycles. The topological polar surface area (TPSA) is 110 Å². The molecule has 9 nitrogen and oxygen atoms in total. The highest BCUT2D eigenvalue weighted by Gasteiger charge is 2.32. The lowest BCUT2D eigenvalue weighted by Crippen LogP contribution is -2.44. The van der Waals surface area contributed by atoms with E-state index in [1.54, 1.807) is 17.3 Å². The molecule has 2 aliphatic heterocycles. The molecule has 2 atom stereocenters. The maximum atomic E-state index is 13.2. The summed E-state index contributed by atoms with van der Waals surface area (Å²) in [6.45, 7) is 4.31.